The number of methoxy groups -OCH3 is 3. The summed E-state index contributed by atoms with van der Waals surface area (Å²) in [6, 6.07) is 11.5. The van der Waals surface area contributed by atoms with Crippen LogP contribution in [-0.4, -0.2) is 71.7 Å². The summed E-state index contributed by atoms with van der Waals surface area (Å²) in [4.78, 5) is 27.3. The minimum atomic E-state index is -3.96. The van der Waals surface area contributed by atoms with Gasteiger partial charge in [0, 0.05) is 19.2 Å². The normalized spacial score (nSPS) is 20.4. The van der Waals surface area contributed by atoms with Crippen LogP contribution in [0.15, 0.2) is 47.4 Å². The van der Waals surface area contributed by atoms with Crippen molar-refractivity contribution < 1.29 is 37.0 Å². The average molecular weight is 505 g/mol. The van der Waals surface area contributed by atoms with Crippen molar-refractivity contribution in [1.82, 2.24) is 4.31 Å². The van der Waals surface area contributed by atoms with E-state index in [1.165, 1.54) is 42.7 Å². The molecule has 2 aromatic carbocycles. The van der Waals surface area contributed by atoms with Crippen LogP contribution in [0, 0.1) is 5.92 Å². The Kier molecular flexibility index (Phi) is 7.18. The van der Waals surface area contributed by atoms with Crippen molar-refractivity contribution in [3.8, 4) is 17.2 Å². The number of amides is 1. The summed E-state index contributed by atoms with van der Waals surface area (Å²) in [7, 11) is 0.148. The molecule has 1 amide bonds. The lowest BCUT2D eigenvalue weighted by molar-refractivity contribution is -0.148. The summed E-state index contributed by atoms with van der Waals surface area (Å²) in [5.41, 5.74) is 0.534. The van der Waals surface area contributed by atoms with E-state index in [9.17, 15) is 18.0 Å². The molecule has 2 aliphatic heterocycles. The number of esters is 1. The van der Waals surface area contributed by atoms with Gasteiger partial charge in [-0.15, -0.1) is 0 Å². The molecule has 4 rings (SSSR count). The first-order valence-electron chi connectivity index (χ1n) is 11.2. The topological polar surface area (TPSA) is 112 Å². The van der Waals surface area contributed by atoms with Crippen molar-refractivity contribution in [2.75, 3.05) is 45.9 Å². The van der Waals surface area contributed by atoms with Crippen LogP contribution in [0.1, 0.15) is 12.8 Å². The predicted octanol–water partition coefficient (Wildman–Crippen LogP) is 2.07. The van der Waals surface area contributed by atoms with Crippen molar-refractivity contribution in [2.24, 2.45) is 5.92 Å². The van der Waals surface area contributed by atoms with E-state index in [1.807, 2.05) is 0 Å². The number of para-hydroxylation sites is 2. The molecule has 1 saturated heterocycles. The van der Waals surface area contributed by atoms with E-state index in [0.29, 0.717) is 30.0 Å². The molecule has 0 radical (unpaired) electrons. The molecule has 0 spiro atoms. The Morgan fingerprint density at radius 2 is 1.80 bits per heavy atom. The molecule has 188 valence electrons. The fraction of sp³-hybridized carbons (Fsp3) is 0.417. The van der Waals surface area contributed by atoms with E-state index in [1.54, 1.807) is 30.3 Å². The highest BCUT2D eigenvalue weighted by Gasteiger charge is 2.40. The van der Waals surface area contributed by atoms with E-state index >= 15 is 0 Å². The zero-order chi connectivity index (χ0) is 25.2. The Morgan fingerprint density at radius 3 is 2.51 bits per heavy atom. The Hall–Kier alpha value is -3.31. The monoisotopic (exact) mass is 504 g/mol. The first kappa shape index (κ1) is 24.8. The molecule has 35 heavy (non-hydrogen) atoms. The van der Waals surface area contributed by atoms with Crippen LogP contribution in [-0.2, 0) is 24.3 Å². The summed E-state index contributed by atoms with van der Waals surface area (Å²) < 4.78 is 49.4. The van der Waals surface area contributed by atoms with Gasteiger partial charge in [0.1, 0.15) is 22.1 Å². The van der Waals surface area contributed by atoms with E-state index in [2.05, 4.69) is 0 Å². The number of rotatable bonds is 6. The van der Waals surface area contributed by atoms with Crippen molar-refractivity contribution in [2.45, 2.75) is 23.8 Å². The number of anilines is 1. The fourth-order valence-electron chi connectivity index (χ4n) is 4.40. The highest BCUT2D eigenvalue weighted by Crippen LogP contribution is 2.37. The number of hydrogen-bond donors (Lipinski definition) is 0. The highest BCUT2D eigenvalue weighted by molar-refractivity contribution is 7.89. The SMILES string of the molecule is COC(=O)[C@H]1CN(C(=O)[C@H]2CCCN(S(=O)(=O)c3cc(OC)ccc3OC)C2)c2ccccc2O1. The largest absolute Gasteiger partial charge is 0.497 e. The molecule has 0 saturated carbocycles. The van der Waals surface area contributed by atoms with Crippen LogP contribution in [0.5, 0.6) is 17.2 Å². The Balaban J connectivity index is 1.61. The Labute approximate surface area is 204 Å². The number of ether oxygens (including phenoxy) is 4. The molecule has 0 aliphatic carbocycles. The first-order chi connectivity index (χ1) is 16.8. The molecule has 11 heteroatoms. The van der Waals surface area contributed by atoms with E-state index in [-0.39, 0.29) is 36.2 Å². The lowest BCUT2D eigenvalue weighted by Gasteiger charge is -2.38. The van der Waals surface area contributed by atoms with Crippen LogP contribution in [0.4, 0.5) is 5.69 Å². The molecule has 10 nitrogen and oxygen atoms in total. The van der Waals surface area contributed by atoms with Crippen molar-refractivity contribution >= 4 is 27.6 Å². The van der Waals surface area contributed by atoms with Gasteiger partial charge in [-0.05, 0) is 37.1 Å². The Morgan fingerprint density at radius 1 is 1.03 bits per heavy atom. The molecule has 2 atom stereocenters. The summed E-state index contributed by atoms with van der Waals surface area (Å²) in [6.07, 6.45) is 0.0555. The number of piperidine rings is 1. The van der Waals surface area contributed by atoms with Gasteiger partial charge in [-0.2, -0.15) is 4.31 Å². The summed E-state index contributed by atoms with van der Waals surface area (Å²) in [6.45, 7) is 0.260. The van der Waals surface area contributed by atoms with E-state index in [0.717, 1.165) is 0 Å². The zero-order valence-electron chi connectivity index (χ0n) is 19.8. The van der Waals surface area contributed by atoms with Gasteiger partial charge in [-0.3, -0.25) is 4.79 Å². The van der Waals surface area contributed by atoms with E-state index in [4.69, 9.17) is 18.9 Å². The quantitative estimate of drug-likeness (QED) is 0.550. The standard InChI is InChI=1S/C24H28N2O8S/c1-31-17-10-11-20(32-2)22(13-17)35(29,30)25-12-6-7-16(14-25)23(27)26-15-21(24(28)33-3)34-19-9-5-4-8-18(19)26/h4-5,8-11,13,16,21H,6-7,12,14-15H2,1-3H3/t16-,21+/m0/s1. The summed E-state index contributed by atoms with van der Waals surface area (Å²) in [5, 5.41) is 0. The number of benzene rings is 2. The smallest absolute Gasteiger partial charge is 0.348 e. The van der Waals surface area contributed by atoms with Gasteiger partial charge < -0.3 is 23.8 Å². The molecule has 0 N–H and O–H groups in total. The van der Waals surface area contributed by atoms with Gasteiger partial charge in [0.2, 0.25) is 22.0 Å². The second-order valence-electron chi connectivity index (χ2n) is 8.27. The molecule has 0 aromatic heterocycles. The molecule has 2 heterocycles. The van der Waals surface area contributed by atoms with Gasteiger partial charge in [-0.1, -0.05) is 12.1 Å². The number of hydrogen-bond acceptors (Lipinski definition) is 8. The van der Waals surface area contributed by atoms with Crippen molar-refractivity contribution in [3.05, 3.63) is 42.5 Å². The zero-order valence-corrected chi connectivity index (χ0v) is 20.6. The van der Waals surface area contributed by atoms with Crippen LogP contribution in [0.2, 0.25) is 0 Å². The van der Waals surface area contributed by atoms with E-state index < -0.39 is 28.0 Å². The third-order valence-corrected chi connectivity index (χ3v) is 8.11. The third-order valence-electron chi connectivity index (χ3n) is 6.23. The number of fused-ring (bicyclic) bond motifs is 1. The number of carbonyl (C=O) groups is 2. The number of sulfonamides is 1. The maximum Gasteiger partial charge on any atom is 0.348 e. The van der Waals surface area contributed by atoms with Crippen molar-refractivity contribution in [1.29, 1.82) is 0 Å². The number of carbonyl (C=O) groups excluding carboxylic acids is 2. The molecule has 0 bridgehead atoms. The molecule has 2 aliphatic rings. The second kappa shape index (κ2) is 10.1. The molecular formula is C24H28N2O8S. The van der Waals surface area contributed by atoms with Crippen LogP contribution in [0.3, 0.4) is 0 Å². The van der Waals surface area contributed by atoms with Gasteiger partial charge >= 0.3 is 5.97 Å². The van der Waals surface area contributed by atoms with Crippen molar-refractivity contribution in [3.63, 3.8) is 0 Å². The third kappa shape index (κ3) is 4.78. The first-order valence-corrected chi connectivity index (χ1v) is 12.6. The van der Waals surface area contributed by atoms with Crippen LogP contribution in [0.25, 0.3) is 0 Å². The number of nitrogens with zero attached hydrogens (tertiary/aromatic N) is 2. The lowest BCUT2D eigenvalue weighted by atomic mass is 9.97. The Bertz CT molecular complexity index is 1220. The maximum atomic E-state index is 13.7. The molecule has 0 unspecified atom stereocenters. The van der Waals surface area contributed by atoms with Crippen LogP contribution < -0.4 is 19.1 Å². The summed E-state index contributed by atoms with van der Waals surface area (Å²) in [5.74, 6) is -0.485. The predicted molar refractivity (Wildman–Crippen MR) is 126 cm³/mol. The minimum absolute atomic E-state index is 0.00391. The molecule has 2 aromatic rings. The highest BCUT2D eigenvalue weighted by atomic mass is 32.2. The fourth-order valence-corrected chi connectivity index (χ4v) is 6.10. The minimum Gasteiger partial charge on any atom is -0.497 e. The average Bonchev–Trinajstić information content (AvgIpc) is 2.91. The molecule has 1 fully saturated rings. The van der Waals surface area contributed by atoms with Crippen LogP contribution >= 0.6 is 0 Å². The maximum absolute atomic E-state index is 13.7. The summed E-state index contributed by atoms with van der Waals surface area (Å²) >= 11 is 0. The van der Waals surface area contributed by atoms with Gasteiger partial charge in [0.15, 0.2) is 0 Å². The van der Waals surface area contributed by atoms with Gasteiger partial charge in [0.25, 0.3) is 0 Å². The van der Waals surface area contributed by atoms with Gasteiger partial charge in [-0.25, -0.2) is 13.2 Å². The lowest BCUT2D eigenvalue weighted by Crippen LogP contribution is -2.52. The second-order valence-corrected chi connectivity index (χ2v) is 10.2. The molecular weight excluding hydrogens is 476 g/mol. The van der Waals surface area contributed by atoms with Gasteiger partial charge in [0.05, 0.1) is 39.5 Å².